The number of rotatable bonds is 6. The monoisotopic (exact) mass is 406 g/mol. The second-order valence-electron chi connectivity index (χ2n) is 6.50. The first kappa shape index (κ1) is 18.9. The minimum absolute atomic E-state index is 0.0171. The zero-order valence-electron chi connectivity index (χ0n) is 15.4. The number of benzene rings is 3. The third-order valence-corrected chi connectivity index (χ3v) is 6.27. The van der Waals surface area contributed by atoms with Gasteiger partial charge in [0.05, 0.1) is 16.0 Å². The maximum absolute atomic E-state index is 12.5. The lowest BCUT2D eigenvalue weighted by molar-refractivity contribution is 0.0956. The van der Waals surface area contributed by atoms with Crippen LogP contribution in [0.25, 0.3) is 22.2 Å². The summed E-state index contributed by atoms with van der Waals surface area (Å²) in [6.45, 7) is 0.0171. The first-order valence-corrected chi connectivity index (χ1v) is 10.7. The van der Waals surface area contributed by atoms with E-state index in [1.807, 2.05) is 30.3 Å². The maximum atomic E-state index is 12.5. The van der Waals surface area contributed by atoms with Crippen LogP contribution >= 0.6 is 0 Å². The van der Waals surface area contributed by atoms with Gasteiger partial charge in [-0.05, 0) is 30.3 Å². The third-order valence-electron chi connectivity index (χ3n) is 4.53. The fourth-order valence-electron chi connectivity index (χ4n) is 3.03. The molecule has 1 amide bonds. The smallest absolute Gasteiger partial charge is 0.251 e. The number of aromatic nitrogens is 1. The second-order valence-corrected chi connectivity index (χ2v) is 8.61. The quantitative estimate of drug-likeness (QED) is 0.527. The molecular weight excluding hydrogens is 388 g/mol. The van der Waals surface area contributed by atoms with Gasteiger partial charge >= 0.3 is 0 Å². The average Bonchev–Trinajstić information content (AvgIpc) is 3.18. The number of nitrogens with zero attached hydrogens (tertiary/aromatic N) is 1. The number of hydrogen-bond acceptors (Lipinski definition) is 5. The van der Waals surface area contributed by atoms with E-state index in [4.69, 9.17) is 4.52 Å². The Hall–Kier alpha value is -3.45. The van der Waals surface area contributed by atoms with Crippen LogP contribution in [0, 0.1) is 0 Å². The highest BCUT2D eigenvalue weighted by atomic mass is 32.2. The van der Waals surface area contributed by atoms with E-state index in [1.165, 1.54) is 0 Å². The summed E-state index contributed by atoms with van der Waals surface area (Å²) < 4.78 is 30.1. The van der Waals surface area contributed by atoms with Crippen LogP contribution in [-0.2, 0) is 9.84 Å². The summed E-state index contributed by atoms with van der Waals surface area (Å²) in [6.07, 6.45) is 0. The number of carbonyl (C=O) groups is 1. The van der Waals surface area contributed by atoms with Crippen molar-refractivity contribution in [1.82, 2.24) is 10.5 Å². The molecule has 0 spiro atoms. The molecule has 7 heteroatoms. The molecule has 1 aromatic heterocycles. The van der Waals surface area contributed by atoms with E-state index in [-0.39, 0.29) is 23.1 Å². The molecule has 1 heterocycles. The normalized spacial score (nSPS) is 11.4. The molecule has 1 N–H and O–H groups in total. The van der Waals surface area contributed by atoms with Crippen LogP contribution in [0.3, 0.4) is 0 Å². The summed E-state index contributed by atoms with van der Waals surface area (Å²) in [5.74, 6) is 0.0605. The molecule has 0 radical (unpaired) electrons. The molecule has 0 aliphatic heterocycles. The molecule has 0 aliphatic carbocycles. The molecule has 0 atom stereocenters. The number of sulfone groups is 1. The summed E-state index contributed by atoms with van der Waals surface area (Å²) in [5.41, 5.74) is 1.92. The Morgan fingerprint density at radius 3 is 2.34 bits per heavy atom. The van der Waals surface area contributed by atoms with E-state index in [2.05, 4.69) is 10.5 Å². The molecule has 4 rings (SSSR count). The lowest BCUT2D eigenvalue weighted by Gasteiger charge is -2.07. The SMILES string of the molecule is O=C(NCCS(=O)(=O)c1ccccc1)c1ccc2noc(-c3ccccc3)c2c1. The van der Waals surface area contributed by atoms with Gasteiger partial charge in [0, 0.05) is 17.7 Å². The minimum Gasteiger partial charge on any atom is -0.355 e. The van der Waals surface area contributed by atoms with Crippen molar-refractivity contribution in [3.63, 3.8) is 0 Å². The zero-order chi connectivity index (χ0) is 20.3. The van der Waals surface area contributed by atoms with Gasteiger partial charge in [0.25, 0.3) is 5.91 Å². The number of nitrogens with one attached hydrogen (secondary N) is 1. The van der Waals surface area contributed by atoms with Crippen molar-refractivity contribution in [3.8, 4) is 11.3 Å². The Labute approximate surface area is 168 Å². The summed E-state index contributed by atoms with van der Waals surface area (Å²) >= 11 is 0. The third kappa shape index (κ3) is 4.05. The van der Waals surface area contributed by atoms with E-state index in [0.717, 1.165) is 10.9 Å². The van der Waals surface area contributed by atoms with Crippen LogP contribution in [0.4, 0.5) is 0 Å². The van der Waals surface area contributed by atoms with Crippen LogP contribution in [-0.4, -0.2) is 31.8 Å². The Morgan fingerprint density at radius 2 is 1.62 bits per heavy atom. The highest BCUT2D eigenvalue weighted by Crippen LogP contribution is 2.29. The van der Waals surface area contributed by atoms with Gasteiger partial charge in [0.1, 0.15) is 5.52 Å². The van der Waals surface area contributed by atoms with Gasteiger partial charge < -0.3 is 9.84 Å². The van der Waals surface area contributed by atoms with Gasteiger partial charge in [-0.15, -0.1) is 0 Å². The van der Waals surface area contributed by atoms with Crippen molar-refractivity contribution in [2.24, 2.45) is 0 Å². The van der Waals surface area contributed by atoms with Crippen molar-refractivity contribution in [2.45, 2.75) is 4.90 Å². The molecular formula is C22H18N2O4S. The first-order valence-electron chi connectivity index (χ1n) is 9.05. The van der Waals surface area contributed by atoms with E-state index in [0.29, 0.717) is 16.8 Å². The lowest BCUT2D eigenvalue weighted by Crippen LogP contribution is -2.29. The predicted octanol–water partition coefficient (Wildman–Crippen LogP) is 3.70. The largest absolute Gasteiger partial charge is 0.355 e. The molecule has 0 unspecified atom stereocenters. The standard InChI is InChI=1S/C22H18N2O4S/c25-22(23-13-14-29(26,27)18-9-5-2-6-10-18)17-11-12-20-19(15-17)21(28-24-20)16-7-3-1-4-8-16/h1-12,15H,13-14H2,(H,23,25). The van der Waals surface area contributed by atoms with Gasteiger partial charge in [-0.1, -0.05) is 53.7 Å². The Kier molecular flexibility index (Phi) is 5.14. The summed E-state index contributed by atoms with van der Waals surface area (Å²) in [7, 11) is -3.45. The van der Waals surface area contributed by atoms with Gasteiger partial charge in [0.2, 0.25) is 0 Å². The van der Waals surface area contributed by atoms with Crippen molar-refractivity contribution in [3.05, 3.63) is 84.4 Å². The zero-order valence-corrected chi connectivity index (χ0v) is 16.2. The molecule has 29 heavy (non-hydrogen) atoms. The topological polar surface area (TPSA) is 89.3 Å². The summed E-state index contributed by atoms with van der Waals surface area (Å²) in [5, 5.41) is 7.43. The summed E-state index contributed by atoms with van der Waals surface area (Å²) in [4.78, 5) is 12.8. The van der Waals surface area contributed by atoms with Crippen molar-refractivity contribution in [2.75, 3.05) is 12.3 Å². The minimum atomic E-state index is -3.45. The number of amides is 1. The molecule has 0 bridgehead atoms. The molecule has 4 aromatic rings. The van der Waals surface area contributed by atoms with E-state index in [1.54, 1.807) is 48.5 Å². The lowest BCUT2D eigenvalue weighted by atomic mass is 10.1. The number of carbonyl (C=O) groups excluding carboxylic acids is 1. The van der Waals surface area contributed by atoms with Crippen LogP contribution < -0.4 is 5.32 Å². The Balaban J connectivity index is 1.49. The molecule has 146 valence electrons. The fourth-order valence-corrected chi connectivity index (χ4v) is 4.21. The van der Waals surface area contributed by atoms with Gasteiger partial charge in [-0.25, -0.2) is 8.42 Å². The van der Waals surface area contributed by atoms with E-state index >= 15 is 0 Å². The summed E-state index contributed by atoms with van der Waals surface area (Å²) in [6, 6.07) is 22.7. The molecule has 0 aliphatic rings. The number of fused-ring (bicyclic) bond motifs is 1. The Bertz CT molecular complexity index is 1250. The molecule has 3 aromatic carbocycles. The highest BCUT2D eigenvalue weighted by Gasteiger charge is 2.16. The molecule has 6 nitrogen and oxygen atoms in total. The highest BCUT2D eigenvalue weighted by molar-refractivity contribution is 7.91. The van der Waals surface area contributed by atoms with Gasteiger partial charge in [-0.2, -0.15) is 0 Å². The number of hydrogen-bond donors (Lipinski definition) is 1. The molecule has 0 fully saturated rings. The second kappa shape index (κ2) is 7.89. The van der Waals surface area contributed by atoms with Crippen LogP contribution in [0.15, 0.2) is 88.3 Å². The Morgan fingerprint density at radius 1 is 0.931 bits per heavy atom. The van der Waals surface area contributed by atoms with Gasteiger partial charge in [0.15, 0.2) is 15.6 Å². The maximum Gasteiger partial charge on any atom is 0.251 e. The van der Waals surface area contributed by atoms with Gasteiger partial charge in [-0.3, -0.25) is 4.79 Å². The van der Waals surface area contributed by atoms with Crippen molar-refractivity contribution in [1.29, 1.82) is 0 Å². The van der Waals surface area contributed by atoms with E-state index < -0.39 is 9.84 Å². The van der Waals surface area contributed by atoms with E-state index in [9.17, 15) is 13.2 Å². The molecule has 0 saturated carbocycles. The van der Waals surface area contributed by atoms with Crippen molar-refractivity contribution < 1.29 is 17.7 Å². The molecule has 0 saturated heterocycles. The predicted molar refractivity (Wildman–Crippen MR) is 110 cm³/mol. The van der Waals surface area contributed by atoms with Crippen LogP contribution in [0.1, 0.15) is 10.4 Å². The first-order chi connectivity index (χ1) is 14.0. The fraction of sp³-hybridized carbons (Fsp3) is 0.0909. The van der Waals surface area contributed by atoms with Crippen molar-refractivity contribution >= 4 is 26.6 Å². The van der Waals surface area contributed by atoms with Crippen LogP contribution in [0.5, 0.6) is 0 Å². The average molecular weight is 406 g/mol. The van der Waals surface area contributed by atoms with Crippen LogP contribution in [0.2, 0.25) is 0 Å².